The predicted molar refractivity (Wildman–Crippen MR) is 621 cm³/mol. The van der Waals surface area contributed by atoms with Crippen molar-refractivity contribution in [3.8, 4) is 62.7 Å². The van der Waals surface area contributed by atoms with Gasteiger partial charge in [0.2, 0.25) is 11.9 Å². The highest BCUT2D eigenvalue weighted by Gasteiger charge is 2.31. The molecule has 0 unspecified atom stereocenters. The molecule has 0 bridgehead atoms. The Labute approximate surface area is 851 Å². The first-order valence-electron chi connectivity index (χ1n) is 50.4. The number of aromatic nitrogens is 9. The van der Waals surface area contributed by atoms with Crippen molar-refractivity contribution in [1.29, 1.82) is 0 Å². The van der Waals surface area contributed by atoms with Crippen LogP contribution in [0.4, 0.5) is 0 Å². The molecule has 0 aliphatic rings. The van der Waals surface area contributed by atoms with Crippen molar-refractivity contribution in [2.24, 2.45) is 0 Å². The molecule has 13 heteroatoms. The second kappa shape index (κ2) is 32.3. The van der Waals surface area contributed by atoms with Crippen LogP contribution in [0.15, 0.2) is 480 Å². The van der Waals surface area contributed by atoms with E-state index in [4.69, 9.17) is 43.2 Å². The Morgan fingerprint density at radius 1 is 0.188 bits per heavy atom. The Morgan fingerprint density at radius 3 is 1.08 bits per heavy atom. The molecule has 34 rings (SSSR count). The molecular weight excluding hydrogens is 1840 g/mol. The van der Waals surface area contributed by atoms with Gasteiger partial charge >= 0.3 is 0 Å². The van der Waals surface area contributed by atoms with Gasteiger partial charge in [0.1, 0.15) is 39.3 Å². The van der Waals surface area contributed by atoms with E-state index in [1.54, 1.807) is 0 Å². The number of furan rings is 3. The van der Waals surface area contributed by atoms with E-state index in [2.05, 4.69) is 450 Å². The molecule has 149 heavy (non-hydrogen) atoms. The van der Waals surface area contributed by atoms with Gasteiger partial charge in [-0.2, -0.15) is 0 Å². The van der Waals surface area contributed by atoms with Crippen molar-refractivity contribution in [3.05, 3.63) is 467 Å². The van der Waals surface area contributed by atoms with Gasteiger partial charge in [-0.3, -0.25) is 13.7 Å². The third-order valence-corrected chi connectivity index (χ3v) is 31.9. The van der Waals surface area contributed by atoms with Crippen LogP contribution in [0.2, 0.25) is 0 Å². The second-order valence-electron chi connectivity index (χ2n) is 38.7. The van der Waals surface area contributed by atoms with Crippen molar-refractivity contribution in [2.45, 2.75) is 0 Å². The summed E-state index contributed by atoms with van der Waals surface area (Å²) in [6.45, 7) is 0. The van der Waals surface area contributed by atoms with Gasteiger partial charge < -0.3 is 13.3 Å². The summed E-state index contributed by atoms with van der Waals surface area (Å²) in [5.74, 6) is 2.88. The first kappa shape index (κ1) is 82.7. The minimum atomic E-state index is 0.642. The molecule has 0 aliphatic heterocycles. The van der Waals surface area contributed by atoms with E-state index in [-0.39, 0.29) is 0 Å². The maximum absolute atomic E-state index is 6.45. The number of fused-ring (bicyclic) bond motifs is 44. The lowest BCUT2D eigenvalue weighted by molar-refractivity contribution is 0.669. The van der Waals surface area contributed by atoms with Crippen LogP contribution in [0.3, 0.4) is 0 Å². The number of para-hydroxylation sites is 7. The number of thiophene rings is 1. The Balaban J connectivity index is 0.0000000989. The third-order valence-electron chi connectivity index (χ3n) is 30.7. The van der Waals surface area contributed by atoms with Crippen LogP contribution in [0.1, 0.15) is 0 Å². The van der Waals surface area contributed by atoms with Crippen LogP contribution >= 0.6 is 11.3 Å². The molecule has 0 fully saturated rings. The molecule has 10 heterocycles. The summed E-state index contributed by atoms with van der Waals surface area (Å²) in [7, 11) is 0. The fraction of sp³-hybridized carbons (Fsp3) is 0. The lowest BCUT2D eigenvalue weighted by Gasteiger charge is -2.15. The van der Waals surface area contributed by atoms with E-state index in [0.717, 1.165) is 204 Å². The summed E-state index contributed by atoms with van der Waals surface area (Å²) in [4.78, 5) is 32.5. The monoisotopic (exact) mass is 1920 g/mol. The van der Waals surface area contributed by atoms with Crippen molar-refractivity contribution in [2.75, 3.05) is 0 Å². The average molecular weight is 1920 g/mol. The van der Waals surface area contributed by atoms with Crippen molar-refractivity contribution >= 4 is 271 Å². The maximum Gasteiger partial charge on any atom is 0.235 e. The molecule has 0 atom stereocenters. The van der Waals surface area contributed by atoms with Crippen LogP contribution in [0.5, 0.6) is 0 Å². The van der Waals surface area contributed by atoms with E-state index in [1.807, 2.05) is 41.7 Å². The Bertz CT molecular complexity index is 11800. The first-order valence-corrected chi connectivity index (χ1v) is 51.2. The molecule has 10 aromatic heterocycles. The zero-order valence-corrected chi connectivity index (χ0v) is 80.4. The summed E-state index contributed by atoms with van der Waals surface area (Å²) in [6.07, 6.45) is 0. The third kappa shape index (κ3) is 12.3. The molecule has 12 nitrogen and oxygen atoms in total. The van der Waals surface area contributed by atoms with Gasteiger partial charge in [0.15, 0.2) is 5.82 Å². The summed E-state index contributed by atoms with van der Waals surface area (Å²) >= 11 is 1.81. The van der Waals surface area contributed by atoms with Gasteiger partial charge in [-0.05, 0) is 169 Å². The number of benzene rings is 24. The normalized spacial score (nSPS) is 12.2. The van der Waals surface area contributed by atoms with Crippen LogP contribution in [0, 0.1) is 0 Å². The number of rotatable bonds is 7. The van der Waals surface area contributed by atoms with Gasteiger partial charge in [-0.25, -0.2) is 29.9 Å². The van der Waals surface area contributed by atoms with E-state index < -0.39 is 0 Å². The summed E-state index contributed by atoms with van der Waals surface area (Å²) in [6, 6.07) is 165. The van der Waals surface area contributed by atoms with E-state index in [0.29, 0.717) is 11.9 Å². The minimum absolute atomic E-state index is 0.642. The van der Waals surface area contributed by atoms with Gasteiger partial charge in [0, 0.05) is 150 Å². The highest BCUT2D eigenvalue weighted by atomic mass is 32.1. The van der Waals surface area contributed by atoms with E-state index >= 15 is 0 Å². The lowest BCUT2D eigenvalue weighted by Crippen LogP contribution is -2.04. The fourth-order valence-electron chi connectivity index (χ4n) is 24.5. The maximum atomic E-state index is 6.45. The topological polar surface area (TPSA) is 132 Å². The quantitative estimate of drug-likeness (QED) is 0.143. The molecule has 0 radical (unpaired) electrons. The number of nitrogens with zero attached hydrogens (tertiary/aromatic N) is 9. The minimum Gasteiger partial charge on any atom is -0.456 e. The number of hydrogen-bond donors (Lipinski definition) is 0. The first-order chi connectivity index (χ1) is 74.0. The molecule has 34 aromatic rings. The van der Waals surface area contributed by atoms with Crippen LogP contribution in [-0.4, -0.2) is 43.6 Å². The molecule has 0 aliphatic carbocycles. The average Bonchev–Trinajstić information content (AvgIpc) is 1.55. The highest BCUT2D eigenvalue weighted by molar-refractivity contribution is 7.26. The van der Waals surface area contributed by atoms with Crippen LogP contribution < -0.4 is 0 Å². The highest BCUT2D eigenvalue weighted by Crippen LogP contribution is 2.53. The zero-order valence-electron chi connectivity index (χ0n) is 79.6. The molecule has 690 valence electrons. The molecule has 24 aromatic carbocycles. The van der Waals surface area contributed by atoms with Gasteiger partial charge in [-0.15, -0.1) is 11.3 Å². The Hall–Kier alpha value is -19.9. The Morgan fingerprint density at radius 2 is 0.564 bits per heavy atom. The Kier molecular flexibility index (Phi) is 17.9. The molecule has 0 N–H and O–H groups in total. The molecule has 0 amide bonds. The molecular formula is C136H77N9O3S. The van der Waals surface area contributed by atoms with E-state index in [9.17, 15) is 0 Å². The summed E-state index contributed by atoms with van der Waals surface area (Å²) in [5, 5.41) is 36.0. The van der Waals surface area contributed by atoms with Crippen molar-refractivity contribution < 1.29 is 13.3 Å². The largest absolute Gasteiger partial charge is 0.456 e. The predicted octanol–water partition coefficient (Wildman–Crippen LogP) is 37.0. The fourth-order valence-corrected chi connectivity index (χ4v) is 25.7. The van der Waals surface area contributed by atoms with E-state index in [1.165, 1.54) is 106 Å². The summed E-state index contributed by atoms with van der Waals surface area (Å²) in [5.41, 5.74) is 21.9. The standard InChI is InChI=1S/C46H25N3OS.C46H27N3O.C44H25N3O/c1-2-14-28-27(13-1)40-33(24-25-38-42(40)32-17-5-9-22-37(32)50-38)43-41(28)31-16-4-8-21-36(31)49(43)46-30-15-3-7-20-35(30)47-45(48-46)34-19-11-18-29-26-12-6-10-23-39(26)51-44(29)34;1-3-13-28(14-4-1)30-23-25-37-36(27-30)44(29-15-5-2-6-16-29)48-46(47-37)49-38-21-11-9-19-33(38)42-32-18-8-7-17-31(32)41-35(45(42)49)24-26-40-43(41)34-20-10-12-22-39(34)50-40;1-2-13-27(14-3-1)42-40-28-15-5-4-12-26(28)22-24-34(40)45-44(46-42)47-35-20-10-8-18-31(35)39-30-17-7-6-16-29(30)38-33(43(39)47)23-25-37-41(38)32-19-9-11-21-36(32)48-37/h1-25H;1-27H;1-25H. The smallest absolute Gasteiger partial charge is 0.235 e. The van der Waals surface area contributed by atoms with Crippen LogP contribution in [-0.2, 0) is 0 Å². The summed E-state index contributed by atoms with van der Waals surface area (Å²) < 4.78 is 28.7. The number of hydrogen-bond acceptors (Lipinski definition) is 10. The van der Waals surface area contributed by atoms with Crippen LogP contribution in [0.25, 0.3) is 322 Å². The zero-order chi connectivity index (χ0) is 97.3. The molecule has 0 saturated heterocycles. The van der Waals surface area contributed by atoms with Gasteiger partial charge in [0.25, 0.3) is 0 Å². The molecule has 0 spiro atoms. The van der Waals surface area contributed by atoms with Gasteiger partial charge in [-0.1, -0.05) is 352 Å². The second-order valence-corrected chi connectivity index (χ2v) is 39.7. The van der Waals surface area contributed by atoms with Gasteiger partial charge in [0.05, 0.1) is 61.0 Å². The van der Waals surface area contributed by atoms with Crippen molar-refractivity contribution in [1.82, 2.24) is 43.6 Å². The lowest BCUT2D eigenvalue weighted by atomic mass is 9.94. The SMILES string of the molecule is c1ccc(-c2ccc3nc(-n4c5ccccc5c5c6ccccc6c6c(ccc7oc8ccccc8c76)c54)nc(-c4ccccc4)c3c2)cc1.c1ccc(-c2nc(-n3c4ccccc4c4c5ccccc5c5c(ccc6oc7ccccc7c65)c43)nc3ccc4ccccc4c23)cc1.c1ccc2c(-n3c4ccccc4c4c5ccccc5c5c(ccc6oc7ccccc7c65)c43)nc(-c3cccc4c3sc3ccccc34)nc2c1. The van der Waals surface area contributed by atoms with Crippen molar-refractivity contribution in [3.63, 3.8) is 0 Å². The molecule has 0 saturated carbocycles.